The maximum absolute atomic E-state index is 13.5. The molecule has 4 saturated heterocycles. The number of nitrogens with zero attached hydrogens (tertiary/aromatic N) is 6. The van der Waals surface area contributed by atoms with Crippen LogP contribution in [-0.4, -0.2) is 214 Å². The van der Waals surface area contributed by atoms with E-state index in [1.165, 1.54) is 34.1 Å². The number of halogens is 2. The molecular weight excluding hydrogens is 1300 g/mol. The third kappa shape index (κ3) is 17.7. The summed E-state index contributed by atoms with van der Waals surface area (Å²) in [4.78, 5) is 83.2. The SMILES string of the molecule is N#Cc1cc(Cl)cc2c1C[C@H](N1CCNCC1)[C@H]2Oc1ccc(S(=O)(=O)N[C@H]2CCN(C(=O)CNC(=O)CNC(=O)NCCCCNC(=O)NCC(=O)NCC(=O)N3CC[C@H](NS(=O)(=O)c4ccc(O[C@H]5c6cc(Cl)cc(C#N)c6C[C@@H]5N5CCNCC5)cc4)C3)C2)cc1. The first-order chi connectivity index (χ1) is 45.2. The van der Waals surface area contributed by atoms with Gasteiger partial charge in [0.25, 0.3) is 0 Å². The molecule has 502 valence electrons. The van der Waals surface area contributed by atoms with Crippen LogP contribution in [0.1, 0.15) is 71.3 Å². The summed E-state index contributed by atoms with van der Waals surface area (Å²) >= 11 is 12.9. The van der Waals surface area contributed by atoms with Crippen LogP contribution in [0.2, 0.25) is 10.0 Å². The molecule has 0 bridgehead atoms. The number of benzene rings is 4. The van der Waals surface area contributed by atoms with Crippen molar-refractivity contribution >= 4 is 78.9 Å². The van der Waals surface area contributed by atoms with Gasteiger partial charge in [-0.05, 0) is 134 Å². The first kappa shape index (κ1) is 69.0. The Labute approximate surface area is 555 Å². The van der Waals surface area contributed by atoms with E-state index < -0.39 is 93.1 Å². The third-order valence-corrected chi connectivity index (χ3v) is 21.0. The summed E-state index contributed by atoms with van der Waals surface area (Å²) in [6.45, 7) is 6.00. The van der Waals surface area contributed by atoms with Crippen LogP contribution in [0.3, 0.4) is 0 Å². The zero-order valence-electron chi connectivity index (χ0n) is 51.5. The van der Waals surface area contributed by atoms with Crippen LogP contribution in [0.4, 0.5) is 9.59 Å². The summed E-state index contributed by atoms with van der Waals surface area (Å²) in [5, 5.41) is 42.3. The number of sulfonamides is 2. The minimum Gasteiger partial charge on any atom is -0.484 e. The molecule has 0 aromatic heterocycles. The Morgan fingerprint density at radius 3 is 1.28 bits per heavy atom. The number of hydrogen-bond donors (Lipinski definition) is 10. The third-order valence-electron chi connectivity index (χ3n) is 17.5. The van der Waals surface area contributed by atoms with Crippen molar-refractivity contribution in [2.75, 3.05) is 118 Å². The molecule has 32 heteroatoms. The number of likely N-dealkylation sites (tertiary alicyclic amines) is 2. The largest absolute Gasteiger partial charge is 0.484 e. The summed E-state index contributed by atoms with van der Waals surface area (Å²) in [5.41, 5.74) is 4.48. The van der Waals surface area contributed by atoms with Gasteiger partial charge in [-0.3, -0.25) is 29.0 Å². The molecule has 4 aliphatic heterocycles. The van der Waals surface area contributed by atoms with Crippen molar-refractivity contribution in [2.24, 2.45) is 0 Å². The highest BCUT2D eigenvalue weighted by atomic mass is 35.5. The quantitative estimate of drug-likeness (QED) is 0.0408. The number of carbonyl (C=O) groups excluding carboxylic acids is 6. The van der Waals surface area contributed by atoms with Crippen LogP contribution in [-0.2, 0) is 52.1 Å². The minimum absolute atomic E-state index is 0.00942. The molecule has 0 unspecified atom stereocenters. The van der Waals surface area contributed by atoms with E-state index in [2.05, 4.69) is 73.9 Å². The van der Waals surface area contributed by atoms with Crippen molar-refractivity contribution in [1.82, 2.24) is 71.6 Å². The highest BCUT2D eigenvalue weighted by Crippen LogP contribution is 2.43. The van der Waals surface area contributed by atoms with Crippen LogP contribution in [0.15, 0.2) is 82.6 Å². The van der Waals surface area contributed by atoms with Gasteiger partial charge in [0.15, 0.2) is 0 Å². The first-order valence-electron chi connectivity index (χ1n) is 31.3. The number of hydrogen-bond acceptors (Lipinski definition) is 18. The number of amides is 8. The lowest BCUT2D eigenvalue weighted by atomic mass is 10.0. The van der Waals surface area contributed by atoms with E-state index in [1.807, 2.05) is 12.1 Å². The van der Waals surface area contributed by atoms with Gasteiger partial charge < -0.3 is 61.8 Å². The number of rotatable bonds is 25. The Morgan fingerprint density at radius 1 is 0.521 bits per heavy atom. The fraction of sp³-hybridized carbons (Fsp3) is 0.484. The molecule has 4 fully saturated rings. The van der Waals surface area contributed by atoms with Gasteiger partial charge in [0.1, 0.15) is 23.7 Å². The molecule has 6 atom stereocenters. The first-order valence-corrected chi connectivity index (χ1v) is 35.0. The maximum Gasteiger partial charge on any atom is 0.315 e. The van der Waals surface area contributed by atoms with E-state index >= 15 is 0 Å². The summed E-state index contributed by atoms with van der Waals surface area (Å²) in [6.07, 6.45) is 1.94. The number of carbonyl (C=O) groups is 6. The second kappa shape index (κ2) is 31.6. The van der Waals surface area contributed by atoms with Crippen molar-refractivity contribution < 1.29 is 55.1 Å². The average Bonchev–Trinajstić information content (AvgIpc) is 1.62. The van der Waals surface area contributed by atoms with E-state index in [1.54, 1.807) is 36.4 Å². The number of ether oxygens (including phenoxy) is 2. The van der Waals surface area contributed by atoms with Crippen LogP contribution in [0.25, 0.3) is 0 Å². The van der Waals surface area contributed by atoms with Gasteiger partial charge in [-0.25, -0.2) is 35.9 Å². The number of nitriles is 2. The number of urea groups is 2. The lowest BCUT2D eigenvalue weighted by molar-refractivity contribution is -0.132. The zero-order chi connectivity index (χ0) is 66.5. The summed E-state index contributed by atoms with van der Waals surface area (Å²) in [5.74, 6) is -1.21. The zero-order valence-corrected chi connectivity index (χ0v) is 54.7. The molecule has 0 spiro atoms. The highest BCUT2D eigenvalue weighted by molar-refractivity contribution is 7.89. The van der Waals surface area contributed by atoms with Gasteiger partial charge in [-0.1, -0.05) is 23.2 Å². The topological polar surface area (TPSA) is 370 Å². The molecule has 94 heavy (non-hydrogen) atoms. The molecule has 4 aromatic carbocycles. The van der Waals surface area contributed by atoms with E-state index in [0.29, 0.717) is 71.2 Å². The van der Waals surface area contributed by atoms with E-state index in [9.17, 15) is 56.1 Å². The van der Waals surface area contributed by atoms with Gasteiger partial charge in [0, 0.05) is 114 Å². The van der Waals surface area contributed by atoms with Crippen molar-refractivity contribution in [3.63, 3.8) is 0 Å². The molecule has 6 aliphatic rings. The Balaban J connectivity index is 0.549. The van der Waals surface area contributed by atoms with Gasteiger partial charge in [0.2, 0.25) is 43.7 Å². The molecule has 0 radical (unpaired) electrons. The van der Waals surface area contributed by atoms with Crippen molar-refractivity contribution in [3.05, 3.63) is 116 Å². The lowest BCUT2D eigenvalue weighted by Crippen LogP contribution is -2.50. The lowest BCUT2D eigenvalue weighted by Gasteiger charge is -2.36. The fourth-order valence-electron chi connectivity index (χ4n) is 12.7. The van der Waals surface area contributed by atoms with Crippen molar-refractivity contribution in [3.8, 4) is 23.6 Å². The average molecular weight is 1370 g/mol. The smallest absolute Gasteiger partial charge is 0.315 e. The Bertz CT molecular complexity index is 3530. The molecule has 4 heterocycles. The van der Waals surface area contributed by atoms with Gasteiger partial charge >= 0.3 is 12.1 Å². The molecule has 10 N–H and O–H groups in total. The Morgan fingerprint density at radius 2 is 0.904 bits per heavy atom. The number of fused-ring (bicyclic) bond motifs is 2. The Kier molecular flexibility index (Phi) is 23.2. The maximum atomic E-state index is 13.5. The molecule has 8 amide bonds. The van der Waals surface area contributed by atoms with Gasteiger partial charge in [-0.2, -0.15) is 10.5 Å². The van der Waals surface area contributed by atoms with Crippen LogP contribution in [0.5, 0.6) is 11.5 Å². The monoisotopic (exact) mass is 1370 g/mol. The van der Waals surface area contributed by atoms with Crippen LogP contribution in [0, 0.1) is 22.7 Å². The highest BCUT2D eigenvalue weighted by Gasteiger charge is 2.42. The number of unbranched alkanes of at least 4 members (excludes halogenated alkanes) is 1. The number of piperazine rings is 2. The molecular formula is C62H76Cl2N16O12S2. The summed E-state index contributed by atoms with van der Waals surface area (Å²) < 4.78 is 72.4. The second-order valence-electron chi connectivity index (χ2n) is 23.8. The fourth-order valence-corrected chi connectivity index (χ4v) is 15.7. The molecule has 2 aliphatic carbocycles. The second-order valence-corrected chi connectivity index (χ2v) is 28.1. The Hall–Kier alpha value is -7.88. The van der Waals surface area contributed by atoms with E-state index in [4.69, 9.17) is 32.7 Å². The van der Waals surface area contributed by atoms with Gasteiger partial charge in [0.05, 0.1) is 71.3 Å². The predicted octanol–water partition coefficient (Wildman–Crippen LogP) is 0.706. The predicted molar refractivity (Wildman–Crippen MR) is 344 cm³/mol. The molecule has 10 rings (SSSR count). The van der Waals surface area contributed by atoms with Crippen molar-refractivity contribution in [2.45, 2.75) is 84.7 Å². The van der Waals surface area contributed by atoms with Crippen LogP contribution >= 0.6 is 23.2 Å². The molecule has 28 nitrogen and oxygen atoms in total. The summed E-state index contributed by atoms with van der Waals surface area (Å²) in [6, 6.07) is 21.2. The standard InChI is InChI=1S/C62H76Cl2N16O12S2/c63-41-25-39(31-65)49-29-53(77-21-15-67-16-22-77)59(51(49)27-41)91-45-3-7-47(8-4-45)93(87,88)75-43-11-19-79(37-43)57(83)35-71-55(81)33-73-61(85)69-13-1-2-14-70-62(86)74-34-56(82)72-36-58(84)80-20-12-44(38-80)76-94(89,90)48-9-5-46(6-10-48)92-60-52-28-42(64)26-40(32-66)50(52)30-54(60)78-23-17-68-18-24-78/h3-10,25-28,43-44,53-54,59-60,67-68,75-76H,1-2,11-24,29-30,33-38H2,(H,71,81)(H,72,82)(H2,69,73,85)(H2,70,74,86)/t43-,44-,53-,54-,59-,60-/m0/s1. The van der Waals surface area contributed by atoms with Gasteiger partial charge in [-0.15, -0.1) is 0 Å². The van der Waals surface area contributed by atoms with Crippen molar-refractivity contribution in [1.29, 1.82) is 10.5 Å². The summed E-state index contributed by atoms with van der Waals surface area (Å²) in [7, 11) is -8.00. The van der Waals surface area contributed by atoms with Crippen LogP contribution < -0.4 is 61.5 Å². The molecule has 0 saturated carbocycles. The number of nitrogens with one attached hydrogen (secondary N) is 10. The molecule has 4 aromatic rings. The minimum atomic E-state index is -4.00. The van der Waals surface area contributed by atoms with E-state index in [-0.39, 0.29) is 74.2 Å². The normalized spacial score (nSPS) is 21.2. The van der Waals surface area contributed by atoms with E-state index in [0.717, 1.165) is 74.6 Å².